The summed E-state index contributed by atoms with van der Waals surface area (Å²) < 4.78 is 1.70. The predicted molar refractivity (Wildman–Crippen MR) is 127 cm³/mol. The summed E-state index contributed by atoms with van der Waals surface area (Å²) in [5.41, 5.74) is 2.99. The van der Waals surface area contributed by atoms with Crippen molar-refractivity contribution in [1.82, 2.24) is 9.55 Å². The van der Waals surface area contributed by atoms with E-state index in [1.165, 1.54) is 0 Å². The third kappa shape index (κ3) is 4.06. The third-order valence-electron chi connectivity index (χ3n) is 6.68. The highest BCUT2D eigenvalue weighted by Gasteiger charge is 2.35. The first-order chi connectivity index (χ1) is 16.0. The molecule has 0 saturated heterocycles. The van der Waals surface area contributed by atoms with E-state index < -0.39 is 17.8 Å². The first kappa shape index (κ1) is 21.1. The fourth-order valence-electron chi connectivity index (χ4n) is 4.96. The molecule has 1 amide bonds. The van der Waals surface area contributed by atoms with Gasteiger partial charge in [-0.25, -0.2) is 4.98 Å². The molecule has 0 spiro atoms. The second-order valence-electron chi connectivity index (χ2n) is 8.78. The molecule has 0 radical (unpaired) electrons. The summed E-state index contributed by atoms with van der Waals surface area (Å²) in [4.78, 5) is 42.3. The third-order valence-corrected chi connectivity index (χ3v) is 6.68. The number of carboxylic acids is 1. The summed E-state index contributed by atoms with van der Waals surface area (Å²) in [5.74, 6) is -1.76. The number of nitrogens with one attached hydrogen (secondary N) is 1. The number of carboxylic acid groups (broad SMARTS) is 1. The lowest BCUT2D eigenvalue weighted by molar-refractivity contribution is -0.147. The number of benzene rings is 2. The van der Waals surface area contributed by atoms with E-state index in [9.17, 15) is 19.5 Å². The quantitative estimate of drug-likeness (QED) is 0.630. The molecule has 2 atom stereocenters. The monoisotopic (exact) mass is 443 g/mol. The Labute approximate surface area is 190 Å². The second-order valence-corrected chi connectivity index (χ2v) is 8.78. The van der Waals surface area contributed by atoms with Gasteiger partial charge in [-0.3, -0.25) is 19.0 Å². The van der Waals surface area contributed by atoms with Gasteiger partial charge in [0.2, 0.25) is 5.91 Å². The number of anilines is 1. The van der Waals surface area contributed by atoms with Gasteiger partial charge in [0.25, 0.3) is 5.56 Å². The largest absolute Gasteiger partial charge is 0.481 e. The molecule has 2 aliphatic rings. The van der Waals surface area contributed by atoms with Crippen molar-refractivity contribution in [3.8, 4) is 0 Å². The molecular formula is C26H25N3O4. The van der Waals surface area contributed by atoms with Gasteiger partial charge in [0, 0.05) is 12.2 Å². The lowest BCUT2D eigenvalue weighted by Gasteiger charge is -2.27. The minimum absolute atomic E-state index is 0.0949. The maximum Gasteiger partial charge on any atom is 0.307 e. The van der Waals surface area contributed by atoms with Crippen LogP contribution in [0.4, 0.5) is 5.69 Å². The maximum atomic E-state index is 13.1. The number of hydrogen-bond donors (Lipinski definition) is 2. The van der Waals surface area contributed by atoms with Gasteiger partial charge in [0.1, 0.15) is 5.82 Å². The number of aliphatic carboxylic acids is 1. The molecule has 5 rings (SSSR count). The van der Waals surface area contributed by atoms with Gasteiger partial charge < -0.3 is 10.4 Å². The molecule has 2 aromatic carbocycles. The fraction of sp³-hybridized carbons (Fsp3) is 0.308. The Bertz CT molecular complexity index is 1330. The number of rotatable bonds is 4. The first-order valence-electron chi connectivity index (χ1n) is 11.4. The summed E-state index contributed by atoms with van der Waals surface area (Å²) in [6.45, 7) is 0.590. The first-order valence-corrected chi connectivity index (χ1v) is 11.4. The highest BCUT2D eigenvalue weighted by atomic mass is 16.4. The molecule has 1 aliphatic carbocycles. The van der Waals surface area contributed by atoms with Crippen molar-refractivity contribution >= 4 is 40.1 Å². The van der Waals surface area contributed by atoms with E-state index >= 15 is 0 Å². The standard InChI is InChI=1S/C26H25N3O4/c30-24(19-8-4-5-9-20(19)26(32)33)27-18-10-11-21-22(15-18)28-23-17(12-13-29(23)25(21)31)14-16-6-2-1-3-7-16/h1-3,6-7,10-11,14-15,19-20H,4-5,8-9,12-13H2,(H,27,30)(H,32,33)/b17-14-. The Morgan fingerprint density at radius 1 is 1.06 bits per heavy atom. The number of allylic oxidation sites excluding steroid dienone is 1. The van der Waals surface area contributed by atoms with Crippen LogP contribution in [0, 0.1) is 11.8 Å². The van der Waals surface area contributed by atoms with Gasteiger partial charge in [0.15, 0.2) is 0 Å². The van der Waals surface area contributed by atoms with E-state index in [0.29, 0.717) is 41.8 Å². The molecule has 1 fully saturated rings. The minimum atomic E-state index is -0.920. The zero-order valence-corrected chi connectivity index (χ0v) is 18.2. The lowest BCUT2D eigenvalue weighted by atomic mass is 9.78. The van der Waals surface area contributed by atoms with E-state index in [-0.39, 0.29) is 11.5 Å². The van der Waals surface area contributed by atoms with Gasteiger partial charge >= 0.3 is 5.97 Å². The summed E-state index contributed by atoms with van der Waals surface area (Å²) in [6.07, 6.45) is 5.55. The van der Waals surface area contributed by atoms with Crippen LogP contribution in [0.15, 0.2) is 53.3 Å². The SMILES string of the molecule is O=C(O)C1CCCCC1C(=O)Nc1ccc2c(=O)n3c(nc2c1)/C(=C\c1ccccc1)CC3. The number of hydrogen-bond acceptors (Lipinski definition) is 4. The van der Waals surface area contributed by atoms with Crippen molar-refractivity contribution in [2.45, 2.75) is 38.6 Å². The van der Waals surface area contributed by atoms with Crippen LogP contribution in [0.5, 0.6) is 0 Å². The van der Waals surface area contributed by atoms with Crippen LogP contribution in [-0.4, -0.2) is 26.5 Å². The van der Waals surface area contributed by atoms with Crippen molar-refractivity contribution < 1.29 is 14.7 Å². The maximum absolute atomic E-state index is 13.1. The van der Waals surface area contributed by atoms with Crippen LogP contribution in [0.1, 0.15) is 43.5 Å². The zero-order chi connectivity index (χ0) is 22.9. The Morgan fingerprint density at radius 3 is 2.58 bits per heavy atom. The molecule has 168 valence electrons. The van der Waals surface area contributed by atoms with Crippen LogP contribution in [0.2, 0.25) is 0 Å². The summed E-state index contributed by atoms with van der Waals surface area (Å²) in [7, 11) is 0. The van der Waals surface area contributed by atoms with Crippen molar-refractivity contribution in [3.63, 3.8) is 0 Å². The van der Waals surface area contributed by atoms with Crippen LogP contribution in [-0.2, 0) is 16.1 Å². The molecule has 1 aliphatic heterocycles. The van der Waals surface area contributed by atoms with Gasteiger partial charge in [-0.15, -0.1) is 0 Å². The highest BCUT2D eigenvalue weighted by molar-refractivity contribution is 5.97. The average molecular weight is 444 g/mol. The number of carbonyl (C=O) groups excluding carboxylic acids is 1. The van der Waals surface area contributed by atoms with Crippen LogP contribution < -0.4 is 10.9 Å². The Balaban J connectivity index is 1.47. The average Bonchev–Trinajstić information content (AvgIpc) is 3.22. The van der Waals surface area contributed by atoms with Gasteiger partial charge in [-0.05, 0) is 54.7 Å². The van der Waals surface area contributed by atoms with Crippen molar-refractivity contribution in [2.24, 2.45) is 11.8 Å². The summed E-state index contributed by atoms with van der Waals surface area (Å²) >= 11 is 0. The van der Waals surface area contributed by atoms with Crippen molar-refractivity contribution in [2.75, 3.05) is 5.32 Å². The molecule has 0 bridgehead atoms. The highest BCUT2D eigenvalue weighted by Crippen LogP contribution is 2.32. The Kier molecular flexibility index (Phi) is 5.54. The number of aromatic nitrogens is 2. The molecule has 1 saturated carbocycles. The summed E-state index contributed by atoms with van der Waals surface area (Å²) in [6, 6.07) is 15.0. The Hall–Kier alpha value is -3.74. The number of nitrogens with zero attached hydrogens (tertiary/aromatic N) is 2. The van der Waals surface area contributed by atoms with E-state index in [0.717, 1.165) is 30.4 Å². The van der Waals surface area contributed by atoms with Crippen LogP contribution in [0.3, 0.4) is 0 Å². The molecule has 3 aromatic rings. The smallest absolute Gasteiger partial charge is 0.307 e. The number of amides is 1. The molecule has 2 heterocycles. The lowest BCUT2D eigenvalue weighted by Crippen LogP contribution is -2.36. The van der Waals surface area contributed by atoms with E-state index in [4.69, 9.17) is 4.98 Å². The van der Waals surface area contributed by atoms with Crippen molar-refractivity contribution in [3.05, 3.63) is 70.3 Å². The van der Waals surface area contributed by atoms with Gasteiger partial charge in [-0.1, -0.05) is 43.2 Å². The molecule has 7 nitrogen and oxygen atoms in total. The molecule has 2 unspecified atom stereocenters. The molecule has 1 aromatic heterocycles. The fourth-order valence-corrected chi connectivity index (χ4v) is 4.96. The van der Waals surface area contributed by atoms with E-state index in [1.54, 1.807) is 22.8 Å². The van der Waals surface area contributed by atoms with Gasteiger partial charge in [-0.2, -0.15) is 0 Å². The second kappa shape index (κ2) is 8.65. The Morgan fingerprint density at radius 2 is 1.82 bits per heavy atom. The zero-order valence-electron chi connectivity index (χ0n) is 18.2. The van der Waals surface area contributed by atoms with Crippen LogP contribution >= 0.6 is 0 Å². The molecule has 2 N–H and O–H groups in total. The van der Waals surface area contributed by atoms with E-state index in [2.05, 4.69) is 11.4 Å². The number of fused-ring (bicyclic) bond motifs is 2. The van der Waals surface area contributed by atoms with Gasteiger partial charge in [0.05, 0.1) is 22.7 Å². The van der Waals surface area contributed by atoms with E-state index in [1.807, 2.05) is 30.3 Å². The molecular weight excluding hydrogens is 418 g/mol. The number of carbonyl (C=O) groups is 2. The minimum Gasteiger partial charge on any atom is -0.481 e. The normalized spacial score (nSPS) is 21.2. The predicted octanol–water partition coefficient (Wildman–Crippen LogP) is 4.17. The topological polar surface area (TPSA) is 101 Å². The summed E-state index contributed by atoms with van der Waals surface area (Å²) in [5, 5.41) is 12.8. The van der Waals surface area contributed by atoms with Crippen molar-refractivity contribution in [1.29, 1.82) is 0 Å². The molecule has 7 heteroatoms. The molecule has 33 heavy (non-hydrogen) atoms. The van der Waals surface area contributed by atoms with Crippen LogP contribution in [0.25, 0.3) is 22.6 Å².